The van der Waals surface area contributed by atoms with Gasteiger partial charge in [-0.25, -0.2) is 0 Å². The number of thiol groups is 1. The number of halogens is 3. The van der Waals surface area contributed by atoms with Gasteiger partial charge in [0.2, 0.25) is 0 Å². The molecule has 1 aromatic carbocycles. The first-order valence-electron chi connectivity index (χ1n) is 7.93. The Morgan fingerprint density at radius 1 is 1.12 bits per heavy atom. The number of nitrogens with zero attached hydrogens (tertiary/aromatic N) is 1. The fourth-order valence-corrected chi connectivity index (χ4v) is 3.18. The summed E-state index contributed by atoms with van der Waals surface area (Å²) in [4.78, 5) is 3.96. The maximum atomic E-state index is 13.5. The maximum Gasteiger partial charge on any atom is 0.418 e. The Morgan fingerprint density at radius 2 is 1.73 bits per heavy atom. The Morgan fingerprint density at radius 3 is 2.23 bits per heavy atom. The van der Waals surface area contributed by atoms with Gasteiger partial charge >= 0.3 is 6.18 Å². The molecule has 142 valence electrons. The van der Waals surface area contributed by atoms with E-state index in [1.54, 1.807) is 45.0 Å². The number of pyridine rings is 1. The fourth-order valence-electron chi connectivity index (χ4n) is 2.29. The predicted octanol–water partition coefficient (Wildman–Crippen LogP) is 4.20. The van der Waals surface area contributed by atoms with E-state index in [4.69, 9.17) is 4.74 Å². The van der Waals surface area contributed by atoms with E-state index in [0.717, 1.165) is 6.07 Å². The SMILES string of the molecule is COc1ccc(C(N[SH+](=O)C(C)(C)C)c2ncccc2C(F)(F)F)cc1. The topological polar surface area (TPSA) is 51.2 Å². The van der Waals surface area contributed by atoms with Gasteiger partial charge in [-0.1, -0.05) is 16.3 Å². The molecule has 4 nitrogen and oxygen atoms in total. The molecule has 0 bridgehead atoms. The Hall–Kier alpha value is -1.93. The quantitative estimate of drug-likeness (QED) is 0.618. The van der Waals surface area contributed by atoms with Crippen molar-refractivity contribution < 1.29 is 22.1 Å². The predicted molar refractivity (Wildman–Crippen MR) is 96.4 cm³/mol. The van der Waals surface area contributed by atoms with Crippen molar-refractivity contribution >= 4 is 11.0 Å². The van der Waals surface area contributed by atoms with E-state index < -0.39 is 33.5 Å². The Labute approximate surface area is 153 Å². The first-order chi connectivity index (χ1) is 12.0. The normalized spacial score (nSPS) is 14.7. The van der Waals surface area contributed by atoms with E-state index in [9.17, 15) is 17.4 Å². The van der Waals surface area contributed by atoms with Gasteiger partial charge in [0, 0.05) is 6.20 Å². The summed E-state index contributed by atoms with van der Waals surface area (Å²) in [6.45, 7) is 5.27. The van der Waals surface area contributed by atoms with Crippen molar-refractivity contribution in [1.29, 1.82) is 0 Å². The lowest BCUT2D eigenvalue weighted by Crippen LogP contribution is -2.36. The van der Waals surface area contributed by atoms with Crippen LogP contribution in [0, 0.1) is 0 Å². The Bertz CT molecular complexity index is 771. The highest BCUT2D eigenvalue weighted by atomic mass is 32.2. The summed E-state index contributed by atoms with van der Waals surface area (Å²) in [5, 5.41) is 0. The van der Waals surface area contributed by atoms with E-state index in [1.165, 1.54) is 19.4 Å². The molecule has 0 fully saturated rings. The molecular formula is C18H22F3N2O2S+. The molecule has 0 saturated heterocycles. The lowest BCUT2D eigenvalue weighted by Gasteiger charge is -2.22. The second-order valence-electron chi connectivity index (χ2n) is 6.73. The highest BCUT2D eigenvalue weighted by Crippen LogP contribution is 2.36. The van der Waals surface area contributed by atoms with Crippen LogP contribution in [0.1, 0.15) is 43.6 Å². The molecule has 0 amide bonds. The van der Waals surface area contributed by atoms with Gasteiger partial charge in [-0.15, -0.1) is 4.72 Å². The second kappa shape index (κ2) is 7.75. The summed E-state index contributed by atoms with van der Waals surface area (Å²) >= 11 is 0. The van der Waals surface area contributed by atoms with E-state index in [2.05, 4.69) is 9.71 Å². The smallest absolute Gasteiger partial charge is 0.418 e. The third-order valence-corrected chi connectivity index (χ3v) is 5.43. The van der Waals surface area contributed by atoms with Gasteiger partial charge in [0.05, 0.1) is 18.4 Å². The summed E-state index contributed by atoms with van der Waals surface area (Å²) in [6, 6.07) is 7.80. The van der Waals surface area contributed by atoms with Gasteiger partial charge < -0.3 is 4.74 Å². The van der Waals surface area contributed by atoms with Crippen LogP contribution in [0.4, 0.5) is 13.2 Å². The summed E-state index contributed by atoms with van der Waals surface area (Å²) < 4.78 is 60.3. The average Bonchev–Trinajstić information content (AvgIpc) is 2.58. The summed E-state index contributed by atoms with van der Waals surface area (Å²) in [7, 11) is -0.505. The number of methoxy groups -OCH3 is 1. The number of nitrogens with one attached hydrogen (secondary N) is 1. The number of rotatable bonds is 5. The van der Waals surface area contributed by atoms with Crippen LogP contribution in [0.25, 0.3) is 0 Å². The van der Waals surface area contributed by atoms with Crippen LogP contribution in [-0.2, 0) is 21.4 Å². The van der Waals surface area contributed by atoms with Gasteiger partial charge in [-0.05, 0) is 50.6 Å². The molecule has 0 aliphatic carbocycles. The van der Waals surface area contributed by atoms with Gasteiger partial charge in [0.15, 0.2) is 0 Å². The number of hydrogen-bond acceptors (Lipinski definition) is 3. The second-order valence-corrected chi connectivity index (χ2v) is 8.92. The molecule has 0 saturated carbocycles. The molecule has 2 atom stereocenters. The van der Waals surface area contributed by atoms with Crippen LogP contribution < -0.4 is 9.46 Å². The largest absolute Gasteiger partial charge is 0.497 e. The van der Waals surface area contributed by atoms with Crippen LogP contribution in [0.3, 0.4) is 0 Å². The minimum absolute atomic E-state index is 0.210. The molecule has 2 aromatic rings. The Balaban J connectivity index is 2.56. The molecule has 8 heteroatoms. The van der Waals surface area contributed by atoms with Crippen molar-refractivity contribution in [3.8, 4) is 5.75 Å². The number of alkyl halides is 3. The zero-order valence-electron chi connectivity index (χ0n) is 15.0. The third kappa shape index (κ3) is 4.82. The van der Waals surface area contributed by atoms with Gasteiger partial charge in [0.1, 0.15) is 27.5 Å². The zero-order valence-corrected chi connectivity index (χ0v) is 15.9. The minimum Gasteiger partial charge on any atom is -0.497 e. The fraction of sp³-hybridized carbons (Fsp3) is 0.389. The minimum atomic E-state index is -4.57. The summed E-state index contributed by atoms with van der Waals surface area (Å²) in [5.41, 5.74) is -0.550. The average molecular weight is 387 g/mol. The van der Waals surface area contributed by atoms with Crippen molar-refractivity contribution in [2.24, 2.45) is 0 Å². The van der Waals surface area contributed by atoms with E-state index in [0.29, 0.717) is 11.3 Å². The van der Waals surface area contributed by atoms with Crippen molar-refractivity contribution in [1.82, 2.24) is 9.71 Å². The van der Waals surface area contributed by atoms with Gasteiger partial charge in [-0.3, -0.25) is 4.98 Å². The van der Waals surface area contributed by atoms with Crippen LogP contribution in [0.15, 0.2) is 42.6 Å². The van der Waals surface area contributed by atoms with E-state index in [1.807, 2.05) is 0 Å². The Kier molecular flexibility index (Phi) is 6.08. The lowest BCUT2D eigenvalue weighted by molar-refractivity contribution is -0.138. The summed E-state index contributed by atoms with van der Waals surface area (Å²) in [6.07, 6.45) is -3.27. The van der Waals surface area contributed by atoms with E-state index in [-0.39, 0.29) is 5.69 Å². The van der Waals surface area contributed by atoms with Crippen molar-refractivity contribution in [3.05, 3.63) is 59.4 Å². The van der Waals surface area contributed by atoms with Crippen LogP contribution in [0.5, 0.6) is 5.75 Å². The van der Waals surface area contributed by atoms with Crippen molar-refractivity contribution in [3.63, 3.8) is 0 Å². The van der Waals surface area contributed by atoms with Gasteiger partial charge in [0.25, 0.3) is 0 Å². The molecule has 1 N–H and O–H groups in total. The van der Waals surface area contributed by atoms with Crippen molar-refractivity contribution in [2.75, 3.05) is 7.11 Å². The van der Waals surface area contributed by atoms with Gasteiger partial charge in [-0.2, -0.15) is 13.2 Å². The first kappa shape index (κ1) is 20.4. The first-order valence-corrected chi connectivity index (χ1v) is 9.19. The molecule has 0 aliphatic rings. The van der Waals surface area contributed by atoms with Crippen molar-refractivity contribution in [2.45, 2.75) is 37.7 Å². The van der Waals surface area contributed by atoms with Crippen LogP contribution >= 0.6 is 0 Å². The van der Waals surface area contributed by atoms with Crippen LogP contribution in [-0.4, -0.2) is 16.8 Å². The zero-order chi connectivity index (χ0) is 19.5. The standard InChI is InChI=1S/C18H21F3N2O2S/c1-17(2,3)26(24)23-15(12-7-9-13(25-4)10-8-12)16-14(18(19,20)21)6-5-11-22-16/h5-11,15H,1-4H3,(H,23,24)/p+1. The lowest BCUT2D eigenvalue weighted by atomic mass is 10.00. The van der Waals surface area contributed by atoms with E-state index >= 15 is 0 Å². The molecule has 2 rings (SSSR count). The molecule has 1 heterocycles. The number of benzene rings is 1. The molecule has 2 unspecified atom stereocenters. The number of aromatic nitrogens is 1. The number of ether oxygens (including phenoxy) is 1. The molecule has 1 aromatic heterocycles. The molecular weight excluding hydrogens is 365 g/mol. The summed E-state index contributed by atoms with van der Waals surface area (Å²) in [5.74, 6) is 0.574. The highest BCUT2D eigenvalue weighted by Gasteiger charge is 2.39. The third-order valence-electron chi connectivity index (χ3n) is 3.72. The monoisotopic (exact) mass is 387 g/mol. The number of hydrogen-bond donors (Lipinski definition) is 1. The molecule has 0 aliphatic heterocycles. The highest BCUT2D eigenvalue weighted by molar-refractivity contribution is 7.84. The molecule has 26 heavy (non-hydrogen) atoms. The molecule has 0 spiro atoms. The maximum absolute atomic E-state index is 13.5. The van der Waals surface area contributed by atoms with Crippen LogP contribution in [0.2, 0.25) is 0 Å². The molecule has 0 radical (unpaired) electrons.